The van der Waals surface area contributed by atoms with Gasteiger partial charge in [0.1, 0.15) is 17.4 Å². The Balaban J connectivity index is 2.11. The summed E-state index contributed by atoms with van der Waals surface area (Å²) in [6, 6.07) is 11.9. The Labute approximate surface area is 132 Å². The van der Waals surface area contributed by atoms with Crippen molar-refractivity contribution in [3.8, 4) is 5.75 Å². The molecule has 112 valence electrons. The van der Waals surface area contributed by atoms with E-state index in [1.807, 2.05) is 36.2 Å². The van der Waals surface area contributed by atoms with Crippen molar-refractivity contribution in [3.63, 3.8) is 0 Å². The van der Waals surface area contributed by atoms with E-state index in [9.17, 15) is 4.39 Å². The molecule has 0 spiro atoms. The molecule has 0 radical (unpaired) electrons. The third-order valence-corrected chi connectivity index (χ3v) is 3.56. The van der Waals surface area contributed by atoms with Gasteiger partial charge in [0.2, 0.25) is 5.28 Å². The molecule has 0 unspecified atom stereocenters. The molecule has 0 aliphatic heterocycles. The highest BCUT2D eigenvalue weighted by molar-refractivity contribution is 6.28. The van der Waals surface area contributed by atoms with Crippen molar-refractivity contribution in [2.45, 2.75) is 0 Å². The largest absolute Gasteiger partial charge is 0.497 e. The first-order valence-corrected chi connectivity index (χ1v) is 6.97. The van der Waals surface area contributed by atoms with Gasteiger partial charge in [-0.05, 0) is 48.0 Å². The molecule has 3 aromatic rings. The molecular formula is C16H13ClFN3O. The fourth-order valence-electron chi connectivity index (χ4n) is 2.24. The monoisotopic (exact) mass is 317 g/mol. The van der Waals surface area contributed by atoms with E-state index >= 15 is 0 Å². The van der Waals surface area contributed by atoms with Gasteiger partial charge in [-0.15, -0.1) is 0 Å². The van der Waals surface area contributed by atoms with Crippen LogP contribution in [-0.4, -0.2) is 24.1 Å². The maximum atomic E-state index is 13.4. The predicted octanol–water partition coefficient (Wildman–Crippen LogP) is 4.20. The molecule has 0 bridgehead atoms. The SMILES string of the molecule is COc1ccc(N(C)c2nc(Cl)nc3cc(F)ccc23)cc1. The molecule has 1 aromatic heterocycles. The molecule has 0 aliphatic rings. The summed E-state index contributed by atoms with van der Waals surface area (Å²) in [7, 11) is 3.48. The van der Waals surface area contributed by atoms with E-state index in [2.05, 4.69) is 9.97 Å². The summed E-state index contributed by atoms with van der Waals surface area (Å²) < 4.78 is 18.5. The molecule has 0 aliphatic carbocycles. The lowest BCUT2D eigenvalue weighted by Gasteiger charge is -2.20. The lowest BCUT2D eigenvalue weighted by atomic mass is 10.2. The number of halogens is 2. The van der Waals surface area contributed by atoms with Gasteiger partial charge >= 0.3 is 0 Å². The Morgan fingerprint density at radius 1 is 1.09 bits per heavy atom. The number of methoxy groups -OCH3 is 1. The van der Waals surface area contributed by atoms with Gasteiger partial charge in [0.05, 0.1) is 12.6 Å². The molecule has 22 heavy (non-hydrogen) atoms. The minimum atomic E-state index is -0.361. The highest BCUT2D eigenvalue weighted by Gasteiger charge is 2.13. The van der Waals surface area contributed by atoms with E-state index in [0.29, 0.717) is 11.3 Å². The van der Waals surface area contributed by atoms with E-state index in [0.717, 1.165) is 16.8 Å². The van der Waals surface area contributed by atoms with E-state index in [1.165, 1.54) is 12.1 Å². The maximum absolute atomic E-state index is 13.4. The van der Waals surface area contributed by atoms with Crippen LogP contribution in [0.3, 0.4) is 0 Å². The molecule has 0 atom stereocenters. The van der Waals surface area contributed by atoms with E-state index in [1.54, 1.807) is 13.2 Å². The molecule has 0 saturated carbocycles. The third-order valence-electron chi connectivity index (χ3n) is 3.39. The Bertz CT molecular complexity index is 818. The summed E-state index contributed by atoms with van der Waals surface area (Å²) >= 11 is 5.96. The topological polar surface area (TPSA) is 38.2 Å². The van der Waals surface area contributed by atoms with Gasteiger partial charge in [-0.25, -0.2) is 9.37 Å². The zero-order valence-electron chi connectivity index (χ0n) is 12.0. The lowest BCUT2D eigenvalue weighted by Crippen LogP contribution is -2.12. The van der Waals surface area contributed by atoms with Crippen LogP contribution in [0.2, 0.25) is 5.28 Å². The van der Waals surface area contributed by atoms with Crippen LogP contribution in [0, 0.1) is 5.82 Å². The van der Waals surface area contributed by atoms with E-state index in [-0.39, 0.29) is 11.1 Å². The molecule has 3 rings (SSSR count). The second-order valence-corrected chi connectivity index (χ2v) is 5.07. The van der Waals surface area contributed by atoms with Crippen LogP contribution < -0.4 is 9.64 Å². The van der Waals surface area contributed by atoms with Crippen molar-refractivity contribution in [3.05, 3.63) is 53.6 Å². The molecule has 0 saturated heterocycles. The summed E-state index contributed by atoms with van der Waals surface area (Å²) in [5.74, 6) is 1.02. The Morgan fingerprint density at radius 2 is 1.82 bits per heavy atom. The van der Waals surface area contributed by atoms with Crippen LogP contribution >= 0.6 is 11.6 Å². The molecule has 0 fully saturated rings. The number of hydrogen-bond donors (Lipinski definition) is 0. The van der Waals surface area contributed by atoms with Crippen molar-refractivity contribution in [1.29, 1.82) is 0 Å². The van der Waals surface area contributed by atoms with Gasteiger partial charge in [0.25, 0.3) is 0 Å². The summed E-state index contributed by atoms with van der Waals surface area (Å²) in [6.45, 7) is 0. The van der Waals surface area contributed by atoms with Crippen molar-refractivity contribution in [2.75, 3.05) is 19.1 Å². The van der Waals surface area contributed by atoms with Crippen LogP contribution in [0.15, 0.2) is 42.5 Å². The van der Waals surface area contributed by atoms with Crippen LogP contribution in [-0.2, 0) is 0 Å². The average molecular weight is 318 g/mol. The minimum Gasteiger partial charge on any atom is -0.497 e. The van der Waals surface area contributed by atoms with E-state index in [4.69, 9.17) is 16.3 Å². The molecule has 0 N–H and O–H groups in total. The smallest absolute Gasteiger partial charge is 0.224 e. The van der Waals surface area contributed by atoms with Crippen LogP contribution in [0.1, 0.15) is 0 Å². The zero-order chi connectivity index (χ0) is 15.7. The van der Waals surface area contributed by atoms with Crippen molar-refractivity contribution < 1.29 is 9.13 Å². The summed E-state index contributed by atoms with van der Waals surface area (Å²) in [4.78, 5) is 10.2. The first-order chi connectivity index (χ1) is 10.6. The predicted molar refractivity (Wildman–Crippen MR) is 85.6 cm³/mol. The zero-order valence-corrected chi connectivity index (χ0v) is 12.8. The second-order valence-electron chi connectivity index (χ2n) is 4.73. The molecule has 4 nitrogen and oxygen atoms in total. The number of rotatable bonds is 3. The number of anilines is 2. The Morgan fingerprint density at radius 3 is 2.50 bits per heavy atom. The Kier molecular flexibility index (Phi) is 3.81. The van der Waals surface area contributed by atoms with Crippen LogP contribution in [0.25, 0.3) is 10.9 Å². The van der Waals surface area contributed by atoms with Crippen molar-refractivity contribution in [2.24, 2.45) is 0 Å². The summed E-state index contributed by atoms with van der Waals surface area (Å²) in [6.07, 6.45) is 0. The number of fused-ring (bicyclic) bond motifs is 1. The van der Waals surface area contributed by atoms with Crippen LogP contribution in [0.4, 0.5) is 15.9 Å². The van der Waals surface area contributed by atoms with Gasteiger partial charge in [0, 0.05) is 24.2 Å². The molecular weight excluding hydrogens is 305 g/mol. The molecule has 2 aromatic carbocycles. The fourth-order valence-corrected chi connectivity index (χ4v) is 2.41. The van der Waals surface area contributed by atoms with Crippen molar-refractivity contribution >= 4 is 34.0 Å². The van der Waals surface area contributed by atoms with Crippen LogP contribution in [0.5, 0.6) is 5.75 Å². The second kappa shape index (κ2) is 5.77. The van der Waals surface area contributed by atoms with Gasteiger partial charge in [-0.2, -0.15) is 4.98 Å². The van der Waals surface area contributed by atoms with Gasteiger partial charge < -0.3 is 9.64 Å². The first kappa shape index (κ1) is 14.5. The fraction of sp³-hybridized carbons (Fsp3) is 0.125. The molecule has 6 heteroatoms. The lowest BCUT2D eigenvalue weighted by molar-refractivity contribution is 0.415. The summed E-state index contributed by atoms with van der Waals surface area (Å²) in [5.41, 5.74) is 1.37. The molecule has 0 amide bonds. The Hall–Kier alpha value is -2.40. The third kappa shape index (κ3) is 2.67. The molecule has 1 heterocycles. The number of ether oxygens (including phenoxy) is 1. The first-order valence-electron chi connectivity index (χ1n) is 6.59. The normalized spacial score (nSPS) is 10.7. The van der Waals surface area contributed by atoms with E-state index < -0.39 is 0 Å². The summed E-state index contributed by atoms with van der Waals surface area (Å²) in [5, 5.41) is 0.803. The quantitative estimate of drug-likeness (QED) is 0.679. The standard InChI is InChI=1S/C16H13ClFN3O/c1-21(11-4-6-12(22-2)7-5-11)15-13-8-3-10(18)9-14(13)19-16(17)20-15/h3-9H,1-2H3. The van der Waals surface area contributed by atoms with Crippen molar-refractivity contribution in [1.82, 2.24) is 9.97 Å². The number of nitrogens with zero attached hydrogens (tertiary/aromatic N) is 3. The number of aromatic nitrogens is 2. The average Bonchev–Trinajstić information content (AvgIpc) is 2.53. The number of hydrogen-bond acceptors (Lipinski definition) is 4. The highest BCUT2D eigenvalue weighted by atomic mass is 35.5. The number of benzene rings is 2. The maximum Gasteiger partial charge on any atom is 0.224 e. The highest BCUT2D eigenvalue weighted by Crippen LogP contribution is 2.30. The minimum absolute atomic E-state index is 0.0773. The van der Waals surface area contributed by atoms with Gasteiger partial charge in [0.15, 0.2) is 0 Å². The van der Waals surface area contributed by atoms with Gasteiger partial charge in [-0.1, -0.05) is 0 Å². The van der Waals surface area contributed by atoms with Gasteiger partial charge in [-0.3, -0.25) is 0 Å².